The summed E-state index contributed by atoms with van der Waals surface area (Å²) < 4.78 is 118. The highest BCUT2D eigenvalue weighted by atomic mass is 32.2. The molecule has 0 atom stereocenters. The molecule has 0 radical (unpaired) electrons. The molecule has 9 nitrogen and oxygen atoms in total. The highest BCUT2D eigenvalue weighted by Gasteiger charge is 2.46. The number of nitro benzene ring substituents is 1. The third-order valence-electron chi connectivity index (χ3n) is 6.17. The Morgan fingerprint density at radius 3 is 2.18 bits per heavy atom. The number of nitrogens with zero attached hydrogens (tertiary/aromatic N) is 2. The van der Waals surface area contributed by atoms with Gasteiger partial charge in [-0.1, -0.05) is 23.9 Å². The lowest BCUT2D eigenvalue weighted by atomic mass is 9.99. The van der Waals surface area contributed by atoms with Crippen molar-refractivity contribution in [2.75, 3.05) is 31.0 Å². The molecule has 44 heavy (non-hydrogen) atoms. The second kappa shape index (κ2) is 12.9. The van der Waals surface area contributed by atoms with Gasteiger partial charge in [0.2, 0.25) is 5.91 Å². The monoisotopic (exact) mass is 661 g/mol. The molecule has 1 aliphatic heterocycles. The van der Waals surface area contributed by atoms with Gasteiger partial charge in [-0.25, -0.2) is 8.42 Å². The molecular formula is C27H21F6N3O6S2. The molecule has 4 rings (SSSR count). The van der Waals surface area contributed by atoms with Gasteiger partial charge in [-0.3, -0.25) is 19.6 Å². The fraction of sp³-hybridized carbons (Fsp3) is 0.222. The van der Waals surface area contributed by atoms with E-state index in [1.807, 2.05) is 0 Å². The van der Waals surface area contributed by atoms with Crippen LogP contribution in [0.1, 0.15) is 16.7 Å². The lowest BCUT2D eigenvalue weighted by Crippen LogP contribution is -2.39. The summed E-state index contributed by atoms with van der Waals surface area (Å²) in [6.07, 6.45) is -9.44. The first-order valence-electron chi connectivity index (χ1n) is 12.5. The zero-order valence-corrected chi connectivity index (χ0v) is 23.8. The van der Waals surface area contributed by atoms with Crippen LogP contribution in [0.25, 0.3) is 6.08 Å². The molecule has 234 valence electrons. The van der Waals surface area contributed by atoms with Crippen LogP contribution in [0.3, 0.4) is 0 Å². The van der Waals surface area contributed by atoms with Crippen LogP contribution in [0.5, 0.6) is 0 Å². The Labute approximate surface area is 250 Å². The normalized spacial score (nSPS) is 14.5. The molecule has 3 aromatic rings. The van der Waals surface area contributed by atoms with Gasteiger partial charge in [0.05, 0.1) is 34.2 Å². The first-order valence-corrected chi connectivity index (χ1v) is 14.8. The van der Waals surface area contributed by atoms with Crippen molar-refractivity contribution in [3.8, 4) is 0 Å². The van der Waals surface area contributed by atoms with Gasteiger partial charge in [-0.2, -0.15) is 26.3 Å². The number of amides is 1. The topological polar surface area (TPSA) is 119 Å². The number of non-ortho nitro benzene ring substituents is 1. The molecule has 1 heterocycles. The van der Waals surface area contributed by atoms with E-state index in [0.717, 1.165) is 48.5 Å². The van der Waals surface area contributed by atoms with Gasteiger partial charge in [-0.15, -0.1) is 0 Å². The highest BCUT2D eigenvalue weighted by Crippen LogP contribution is 2.48. The van der Waals surface area contributed by atoms with Gasteiger partial charge >= 0.3 is 12.4 Å². The number of nitro groups is 1. The number of sulfonamides is 1. The van der Waals surface area contributed by atoms with Crippen LogP contribution in [0.4, 0.5) is 37.7 Å². The Morgan fingerprint density at radius 2 is 1.59 bits per heavy atom. The summed E-state index contributed by atoms with van der Waals surface area (Å²) in [4.78, 5) is 22.6. The number of alkyl halides is 6. The van der Waals surface area contributed by atoms with E-state index in [2.05, 4.69) is 4.72 Å². The maximum atomic E-state index is 14.2. The van der Waals surface area contributed by atoms with Crippen LogP contribution in [0, 0.1) is 10.1 Å². The average Bonchev–Trinajstić information content (AvgIpc) is 2.95. The Hall–Kier alpha value is -4.09. The molecule has 1 N–H and O–H groups in total. The molecule has 0 bridgehead atoms. The Bertz CT molecular complexity index is 1690. The average molecular weight is 662 g/mol. The smallest absolute Gasteiger partial charge is 0.378 e. The van der Waals surface area contributed by atoms with Crippen LogP contribution >= 0.6 is 11.8 Å². The van der Waals surface area contributed by atoms with Crippen LogP contribution < -0.4 is 4.72 Å². The van der Waals surface area contributed by atoms with Gasteiger partial charge in [-0.05, 0) is 48.0 Å². The third-order valence-corrected chi connectivity index (χ3v) is 8.61. The minimum atomic E-state index is -5.46. The number of hydrogen-bond donors (Lipinski definition) is 1. The standard InChI is InChI=1S/C27H21F6N3O6S2/c28-26(29,30)24-17(5-11-23(37)35-12-14-42-15-13-35)4-10-22(25(24)27(31,32)33)43-20-3-1-2-18(16-20)34-44(40,41)21-8-6-19(7-9-21)36(38)39/h1-11,16,34H,12-15H2/b11-5+. The fourth-order valence-corrected chi connectivity index (χ4v) is 6.26. The van der Waals surface area contributed by atoms with Gasteiger partial charge in [0, 0.05) is 46.8 Å². The van der Waals surface area contributed by atoms with E-state index < -0.39 is 54.8 Å². The van der Waals surface area contributed by atoms with Crippen molar-refractivity contribution in [1.82, 2.24) is 4.90 Å². The molecule has 0 aliphatic carbocycles. The van der Waals surface area contributed by atoms with Gasteiger partial charge < -0.3 is 9.64 Å². The molecular weight excluding hydrogens is 640 g/mol. The first-order chi connectivity index (χ1) is 20.6. The highest BCUT2D eigenvalue weighted by molar-refractivity contribution is 7.99. The predicted octanol–water partition coefficient (Wildman–Crippen LogP) is 6.46. The predicted molar refractivity (Wildman–Crippen MR) is 147 cm³/mol. The van der Waals surface area contributed by atoms with Crippen LogP contribution in [0.2, 0.25) is 0 Å². The van der Waals surface area contributed by atoms with E-state index in [4.69, 9.17) is 4.74 Å². The second-order valence-electron chi connectivity index (χ2n) is 9.16. The number of carbonyl (C=O) groups excluding carboxylic acids is 1. The number of morpholine rings is 1. The molecule has 1 saturated heterocycles. The van der Waals surface area contributed by atoms with Crippen molar-refractivity contribution in [2.24, 2.45) is 0 Å². The SMILES string of the molecule is O=C(/C=C/c1ccc(Sc2cccc(NS(=O)(=O)c3ccc([N+](=O)[O-])cc3)c2)c(C(F)(F)F)c1C(F)(F)F)N1CCOCC1. The minimum Gasteiger partial charge on any atom is -0.378 e. The fourth-order valence-electron chi connectivity index (χ4n) is 4.17. The summed E-state index contributed by atoms with van der Waals surface area (Å²) in [6.45, 7) is 0.804. The number of anilines is 1. The zero-order valence-electron chi connectivity index (χ0n) is 22.2. The van der Waals surface area contributed by atoms with E-state index >= 15 is 0 Å². The van der Waals surface area contributed by atoms with E-state index in [-0.39, 0.29) is 47.5 Å². The van der Waals surface area contributed by atoms with Crippen LogP contribution in [-0.2, 0) is 31.9 Å². The summed E-state index contributed by atoms with van der Waals surface area (Å²) in [5, 5.41) is 10.8. The largest absolute Gasteiger partial charge is 0.418 e. The number of nitrogens with one attached hydrogen (secondary N) is 1. The lowest BCUT2D eigenvalue weighted by Gasteiger charge is -2.25. The van der Waals surface area contributed by atoms with Gasteiger partial charge in [0.25, 0.3) is 15.7 Å². The molecule has 0 aromatic heterocycles. The van der Waals surface area contributed by atoms with Gasteiger partial charge in [0.15, 0.2) is 0 Å². The zero-order chi connectivity index (χ0) is 32.3. The maximum absolute atomic E-state index is 14.2. The number of carbonyl (C=O) groups is 1. The van der Waals surface area contributed by atoms with Crippen molar-refractivity contribution in [3.63, 3.8) is 0 Å². The van der Waals surface area contributed by atoms with Crippen LogP contribution in [-0.4, -0.2) is 50.5 Å². The van der Waals surface area contributed by atoms with Crippen molar-refractivity contribution >= 4 is 45.1 Å². The Morgan fingerprint density at radius 1 is 0.955 bits per heavy atom. The maximum Gasteiger partial charge on any atom is 0.418 e. The van der Waals surface area contributed by atoms with Crippen molar-refractivity contribution < 1.29 is 49.2 Å². The van der Waals surface area contributed by atoms with Crippen molar-refractivity contribution in [1.29, 1.82) is 0 Å². The number of hydrogen-bond acceptors (Lipinski definition) is 7. The molecule has 0 spiro atoms. The lowest BCUT2D eigenvalue weighted by molar-refractivity contribution is -0.384. The number of rotatable bonds is 8. The Balaban J connectivity index is 1.66. The quantitative estimate of drug-likeness (QED) is 0.128. The van der Waals surface area contributed by atoms with Crippen molar-refractivity contribution in [3.05, 3.63) is 93.5 Å². The van der Waals surface area contributed by atoms with E-state index in [0.29, 0.717) is 17.8 Å². The first kappa shape index (κ1) is 32.8. The molecule has 0 saturated carbocycles. The summed E-state index contributed by atoms with van der Waals surface area (Å²) in [7, 11) is -4.29. The Kier molecular flexibility index (Phi) is 9.60. The summed E-state index contributed by atoms with van der Waals surface area (Å²) in [5.74, 6) is -0.679. The summed E-state index contributed by atoms with van der Waals surface area (Å²) >= 11 is 0.325. The summed E-state index contributed by atoms with van der Waals surface area (Å²) in [6, 6.07) is 10.5. The molecule has 17 heteroatoms. The van der Waals surface area contributed by atoms with Crippen LogP contribution in [0.15, 0.2) is 81.4 Å². The minimum absolute atomic E-state index is 0.0293. The van der Waals surface area contributed by atoms with Crippen molar-refractivity contribution in [2.45, 2.75) is 27.0 Å². The molecule has 1 aliphatic rings. The second-order valence-corrected chi connectivity index (χ2v) is 12.0. The van der Waals surface area contributed by atoms with E-state index in [9.17, 15) is 49.7 Å². The third kappa shape index (κ3) is 7.89. The molecule has 1 amide bonds. The number of ether oxygens (including phenoxy) is 1. The molecule has 3 aromatic carbocycles. The summed E-state index contributed by atoms with van der Waals surface area (Å²) in [5.41, 5.74) is -5.28. The van der Waals surface area contributed by atoms with Gasteiger partial charge in [0.1, 0.15) is 0 Å². The number of halogens is 6. The molecule has 1 fully saturated rings. The molecule has 0 unspecified atom stereocenters. The van der Waals surface area contributed by atoms with E-state index in [1.165, 1.54) is 23.1 Å². The van der Waals surface area contributed by atoms with E-state index in [1.54, 1.807) is 0 Å². The number of benzene rings is 3.